The number of hydrogen-bond donors (Lipinski definition) is 1. The summed E-state index contributed by atoms with van der Waals surface area (Å²) in [6.07, 6.45) is 2.17. The van der Waals surface area contributed by atoms with Crippen LogP contribution < -0.4 is 5.32 Å². The highest BCUT2D eigenvalue weighted by molar-refractivity contribution is 5.24. The molecule has 3 nitrogen and oxygen atoms in total. The summed E-state index contributed by atoms with van der Waals surface area (Å²) in [5, 5.41) is 3.53. The normalized spacial score (nSPS) is 18.7. The lowest BCUT2D eigenvalue weighted by molar-refractivity contribution is -0.0223. The maximum absolute atomic E-state index is 5.49. The number of benzene rings is 1. The van der Waals surface area contributed by atoms with Gasteiger partial charge in [0.1, 0.15) is 0 Å². The predicted molar refractivity (Wildman–Crippen MR) is 88.8 cm³/mol. The summed E-state index contributed by atoms with van der Waals surface area (Å²) < 4.78 is 5.49. The summed E-state index contributed by atoms with van der Waals surface area (Å²) in [4.78, 5) is 2.55. The first kappa shape index (κ1) is 16.5. The number of likely N-dealkylation sites (N-methyl/N-ethyl adjacent to an activating group) is 1. The van der Waals surface area contributed by atoms with Crippen molar-refractivity contribution < 1.29 is 4.74 Å². The monoisotopic (exact) mass is 290 g/mol. The van der Waals surface area contributed by atoms with E-state index in [0.717, 1.165) is 39.1 Å². The van der Waals surface area contributed by atoms with Crippen molar-refractivity contribution in [3.8, 4) is 0 Å². The zero-order valence-corrected chi connectivity index (χ0v) is 14.0. The average Bonchev–Trinajstić information content (AvgIpc) is 2.53. The van der Waals surface area contributed by atoms with Crippen LogP contribution in [0.1, 0.15) is 31.9 Å². The number of ether oxygens (including phenoxy) is 1. The zero-order valence-electron chi connectivity index (χ0n) is 14.0. The number of aryl methyl sites for hydroxylation is 1. The van der Waals surface area contributed by atoms with Gasteiger partial charge in [-0.2, -0.15) is 0 Å². The Morgan fingerprint density at radius 1 is 1.14 bits per heavy atom. The molecule has 1 unspecified atom stereocenters. The lowest BCUT2D eigenvalue weighted by Gasteiger charge is -2.46. The highest BCUT2D eigenvalue weighted by Crippen LogP contribution is 2.23. The summed E-state index contributed by atoms with van der Waals surface area (Å²) in [6.45, 7) is 10.7. The molecule has 0 bridgehead atoms. The highest BCUT2D eigenvalue weighted by Gasteiger charge is 2.35. The van der Waals surface area contributed by atoms with E-state index in [9.17, 15) is 0 Å². The van der Waals surface area contributed by atoms with Crippen molar-refractivity contribution in [3.05, 3.63) is 35.4 Å². The molecule has 0 spiro atoms. The van der Waals surface area contributed by atoms with E-state index in [2.05, 4.69) is 62.3 Å². The molecule has 1 atom stereocenters. The van der Waals surface area contributed by atoms with Gasteiger partial charge in [0, 0.05) is 24.7 Å². The first-order chi connectivity index (χ1) is 10.1. The van der Waals surface area contributed by atoms with E-state index in [1.807, 2.05) is 0 Å². The van der Waals surface area contributed by atoms with Crippen LogP contribution in [0.3, 0.4) is 0 Å². The van der Waals surface area contributed by atoms with Gasteiger partial charge in [0.15, 0.2) is 0 Å². The standard InChI is InChI=1S/C18H30N2O/c1-5-15-6-8-16(9-7-15)14-17(19-4)18(2,3)20-10-12-21-13-11-20/h6-9,17,19H,5,10-14H2,1-4H3. The molecule has 1 aromatic rings. The summed E-state index contributed by atoms with van der Waals surface area (Å²) in [7, 11) is 2.08. The fraction of sp³-hybridized carbons (Fsp3) is 0.667. The molecule has 2 rings (SSSR count). The third-order valence-corrected chi connectivity index (χ3v) is 4.90. The van der Waals surface area contributed by atoms with Crippen molar-refractivity contribution in [3.63, 3.8) is 0 Å². The van der Waals surface area contributed by atoms with Gasteiger partial charge in [-0.05, 0) is 44.9 Å². The zero-order chi connectivity index (χ0) is 15.3. The second-order valence-electron chi connectivity index (χ2n) is 6.47. The quantitative estimate of drug-likeness (QED) is 0.871. The van der Waals surface area contributed by atoms with Crippen LogP contribution in [0.5, 0.6) is 0 Å². The molecule has 0 aromatic heterocycles. The minimum Gasteiger partial charge on any atom is -0.379 e. The van der Waals surface area contributed by atoms with Crippen molar-refractivity contribution in [2.24, 2.45) is 0 Å². The molecule has 118 valence electrons. The number of morpholine rings is 1. The van der Waals surface area contributed by atoms with Crippen LogP contribution in [0, 0.1) is 0 Å². The van der Waals surface area contributed by atoms with Gasteiger partial charge in [0.05, 0.1) is 13.2 Å². The Labute approximate surface area is 129 Å². The Kier molecular flexibility index (Phi) is 5.80. The SMILES string of the molecule is CCc1ccc(CC(NC)C(C)(C)N2CCOCC2)cc1. The van der Waals surface area contributed by atoms with Gasteiger partial charge in [-0.3, -0.25) is 4.90 Å². The number of nitrogens with one attached hydrogen (secondary N) is 1. The third-order valence-electron chi connectivity index (χ3n) is 4.90. The topological polar surface area (TPSA) is 24.5 Å². The largest absolute Gasteiger partial charge is 0.379 e. The Hall–Kier alpha value is -0.900. The van der Waals surface area contributed by atoms with Crippen molar-refractivity contribution in [1.29, 1.82) is 0 Å². The average molecular weight is 290 g/mol. The second-order valence-corrected chi connectivity index (χ2v) is 6.47. The molecule has 1 heterocycles. The molecule has 0 aliphatic carbocycles. The molecule has 1 aliphatic rings. The fourth-order valence-corrected chi connectivity index (χ4v) is 3.21. The van der Waals surface area contributed by atoms with Crippen molar-refractivity contribution in [2.75, 3.05) is 33.4 Å². The van der Waals surface area contributed by atoms with E-state index < -0.39 is 0 Å². The van der Waals surface area contributed by atoms with Crippen LogP contribution in [0.15, 0.2) is 24.3 Å². The Bertz CT molecular complexity index is 421. The molecule has 1 aliphatic heterocycles. The molecule has 0 saturated carbocycles. The molecule has 21 heavy (non-hydrogen) atoms. The van der Waals surface area contributed by atoms with Crippen LogP contribution in [-0.4, -0.2) is 49.8 Å². The summed E-state index contributed by atoms with van der Waals surface area (Å²) in [6, 6.07) is 9.49. The summed E-state index contributed by atoms with van der Waals surface area (Å²) in [5.74, 6) is 0. The van der Waals surface area contributed by atoms with Gasteiger partial charge in [-0.15, -0.1) is 0 Å². The van der Waals surface area contributed by atoms with E-state index in [1.54, 1.807) is 0 Å². The van der Waals surface area contributed by atoms with Crippen LogP contribution in [0.25, 0.3) is 0 Å². The molecular weight excluding hydrogens is 260 g/mol. The van der Waals surface area contributed by atoms with Gasteiger partial charge in [-0.25, -0.2) is 0 Å². The lowest BCUT2D eigenvalue weighted by atomic mass is 9.87. The van der Waals surface area contributed by atoms with Crippen LogP contribution >= 0.6 is 0 Å². The molecular formula is C18H30N2O. The van der Waals surface area contributed by atoms with Gasteiger partial charge in [0.2, 0.25) is 0 Å². The van der Waals surface area contributed by atoms with Crippen molar-refractivity contribution in [2.45, 2.75) is 45.2 Å². The molecule has 1 aromatic carbocycles. The smallest absolute Gasteiger partial charge is 0.0594 e. The molecule has 1 fully saturated rings. The van der Waals surface area contributed by atoms with Gasteiger partial charge < -0.3 is 10.1 Å². The van der Waals surface area contributed by atoms with Crippen molar-refractivity contribution in [1.82, 2.24) is 10.2 Å². The Morgan fingerprint density at radius 3 is 2.24 bits per heavy atom. The van der Waals surface area contributed by atoms with Gasteiger partial charge >= 0.3 is 0 Å². The first-order valence-electron chi connectivity index (χ1n) is 8.15. The van der Waals surface area contributed by atoms with E-state index >= 15 is 0 Å². The maximum Gasteiger partial charge on any atom is 0.0594 e. The van der Waals surface area contributed by atoms with Gasteiger partial charge in [-0.1, -0.05) is 31.2 Å². The molecule has 0 amide bonds. The van der Waals surface area contributed by atoms with E-state index in [1.165, 1.54) is 11.1 Å². The summed E-state index contributed by atoms with van der Waals surface area (Å²) in [5.41, 5.74) is 2.95. The minimum atomic E-state index is 0.127. The van der Waals surface area contributed by atoms with E-state index in [0.29, 0.717) is 6.04 Å². The molecule has 3 heteroatoms. The van der Waals surface area contributed by atoms with Crippen LogP contribution in [-0.2, 0) is 17.6 Å². The Morgan fingerprint density at radius 2 is 1.71 bits per heavy atom. The number of rotatable bonds is 6. The van der Waals surface area contributed by atoms with Crippen molar-refractivity contribution >= 4 is 0 Å². The van der Waals surface area contributed by atoms with Crippen LogP contribution in [0.4, 0.5) is 0 Å². The van der Waals surface area contributed by atoms with Gasteiger partial charge in [0.25, 0.3) is 0 Å². The fourth-order valence-electron chi connectivity index (χ4n) is 3.21. The second kappa shape index (κ2) is 7.39. The first-order valence-corrected chi connectivity index (χ1v) is 8.15. The third kappa shape index (κ3) is 4.06. The van der Waals surface area contributed by atoms with E-state index in [4.69, 9.17) is 4.74 Å². The Balaban J connectivity index is 2.06. The number of hydrogen-bond acceptors (Lipinski definition) is 3. The van der Waals surface area contributed by atoms with E-state index in [-0.39, 0.29) is 5.54 Å². The predicted octanol–water partition coefficient (Wildman–Crippen LogP) is 2.49. The lowest BCUT2D eigenvalue weighted by Crippen LogP contribution is -2.60. The van der Waals surface area contributed by atoms with Crippen LogP contribution in [0.2, 0.25) is 0 Å². The molecule has 1 saturated heterocycles. The summed E-state index contributed by atoms with van der Waals surface area (Å²) >= 11 is 0. The molecule has 0 radical (unpaired) electrons. The molecule has 1 N–H and O–H groups in total. The highest BCUT2D eigenvalue weighted by atomic mass is 16.5. The maximum atomic E-state index is 5.49. The minimum absolute atomic E-state index is 0.127. The number of nitrogens with zero attached hydrogens (tertiary/aromatic N) is 1.